The van der Waals surface area contributed by atoms with Crippen molar-refractivity contribution in [3.05, 3.63) is 87.1 Å². The molecular formula is C25H21ClN4O2S2. The third kappa shape index (κ3) is 4.80. The van der Waals surface area contributed by atoms with Gasteiger partial charge in [-0.05, 0) is 41.6 Å². The summed E-state index contributed by atoms with van der Waals surface area (Å²) in [4.78, 5) is 30.7. The Morgan fingerprint density at radius 1 is 1.18 bits per heavy atom. The number of halogens is 1. The Balaban J connectivity index is 1.31. The molecule has 0 aliphatic carbocycles. The Labute approximate surface area is 210 Å². The van der Waals surface area contributed by atoms with E-state index in [0.717, 1.165) is 28.1 Å². The van der Waals surface area contributed by atoms with Crippen molar-refractivity contribution in [2.24, 2.45) is 10.1 Å². The van der Waals surface area contributed by atoms with E-state index < -0.39 is 5.25 Å². The monoisotopic (exact) mass is 508 g/mol. The number of amides is 2. The van der Waals surface area contributed by atoms with Gasteiger partial charge < -0.3 is 5.32 Å². The normalized spacial score (nSPS) is 19.8. The molecule has 1 aromatic heterocycles. The van der Waals surface area contributed by atoms with Gasteiger partial charge in [0.2, 0.25) is 5.91 Å². The van der Waals surface area contributed by atoms with Crippen LogP contribution in [-0.4, -0.2) is 33.0 Å². The molecule has 0 bridgehead atoms. The fraction of sp³-hybridized carbons (Fsp3) is 0.200. The van der Waals surface area contributed by atoms with Crippen LogP contribution in [0.4, 0.5) is 5.69 Å². The molecule has 1 N–H and O–H groups in total. The zero-order chi connectivity index (χ0) is 23.7. The standard InChI is InChI=1S/C25H21ClN4O2S2/c1-15-9-10-17(12-18(15)26)27-23(31)14-22-24(32)28-25(34-22)30-20(16-6-3-2-4-7-16)13-19(29-30)21-8-5-11-33-21/h2-12,20,22H,13-14H2,1H3,(H,27,31)/t20-,22-/m0/s1. The van der Waals surface area contributed by atoms with Gasteiger partial charge in [-0.1, -0.05) is 65.8 Å². The summed E-state index contributed by atoms with van der Waals surface area (Å²) in [5.74, 6) is -0.574. The van der Waals surface area contributed by atoms with Crippen molar-refractivity contribution in [3.63, 3.8) is 0 Å². The lowest BCUT2D eigenvalue weighted by atomic mass is 10.0. The second-order valence-electron chi connectivity index (χ2n) is 8.05. The maximum absolute atomic E-state index is 12.7. The van der Waals surface area contributed by atoms with Gasteiger partial charge in [0, 0.05) is 23.6 Å². The fourth-order valence-electron chi connectivity index (χ4n) is 3.87. The first-order valence-corrected chi connectivity index (χ1v) is 12.9. The zero-order valence-corrected chi connectivity index (χ0v) is 20.7. The summed E-state index contributed by atoms with van der Waals surface area (Å²) in [5, 5.41) is 12.1. The van der Waals surface area contributed by atoms with Crippen LogP contribution in [0.15, 0.2) is 76.1 Å². The topological polar surface area (TPSA) is 74.1 Å². The maximum atomic E-state index is 12.7. The van der Waals surface area contributed by atoms with Gasteiger partial charge in [-0.15, -0.1) is 11.3 Å². The van der Waals surface area contributed by atoms with Crippen LogP contribution in [0.3, 0.4) is 0 Å². The molecule has 2 atom stereocenters. The van der Waals surface area contributed by atoms with Crippen molar-refractivity contribution in [1.82, 2.24) is 5.01 Å². The number of aryl methyl sites for hydroxylation is 1. The number of rotatable bonds is 5. The van der Waals surface area contributed by atoms with Gasteiger partial charge in [0.15, 0.2) is 5.17 Å². The molecule has 0 saturated carbocycles. The van der Waals surface area contributed by atoms with Crippen LogP contribution in [-0.2, 0) is 9.59 Å². The Kier molecular flexibility index (Phi) is 6.54. The van der Waals surface area contributed by atoms with Gasteiger partial charge in [0.05, 0.1) is 16.6 Å². The van der Waals surface area contributed by atoms with Gasteiger partial charge in [-0.3, -0.25) is 9.59 Å². The molecular weight excluding hydrogens is 488 g/mol. The number of hydrogen-bond donors (Lipinski definition) is 1. The lowest BCUT2D eigenvalue weighted by molar-refractivity contribution is -0.121. The van der Waals surface area contributed by atoms with Crippen LogP contribution in [0.1, 0.15) is 34.9 Å². The van der Waals surface area contributed by atoms with E-state index in [1.54, 1.807) is 23.5 Å². The highest BCUT2D eigenvalue weighted by atomic mass is 35.5. The molecule has 0 radical (unpaired) electrons. The van der Waals surface area contributed by atoms with Crippen LogP contribution in [0.25, 0.3) is 0 Å². The number of aliphatic imine (C=N–C) groups is 1. The number of benzene rings is 2. The van der Waals surface area contributed by atoms with Gasteiger partial charge >= 0.3 is 0 Å². The molecule has 34 heavy (non-hydrogen) atoms. The summed E-state index contributed by atoms with van der Waals surface area (Å²) in [7, 11) is 0. The third-order valence-corrected chi connectivity index (χ3v) is 8.12. The van der Waals surface area contributed by atoms with Crippen molar-refractivity contribution < 1.29 is 9.59 Å². The first-order valence-electron chi connectivity index (χ1n) is 10.8. The molecule has 9 heteroatoms. The molecule has 6 nitrogen and oxygen atoms in total. The minimum atomic E-state index is -0.590. The molecule has 0 unspecified atom stereocenters. The van der Waals surface area contributed by atoms with Gasteiger partial charge in [-0.2, -0.15) is 10.1 Å². The van der Waals surface area contributed by atoms with Crippen LogP contribution in [0, 0.1) is 6.92 Å². The predicted molar refractivity (Wildman–Crippen MR) is 140 cm³/mol. The fourth-order valence-corrected chi connectivity index (χ4v) is 5.83. The molecule has 5 rings (SSSR count). The second-order valence-corrected chi connectivity index (χ2v) is 10.6. The number of thioether (sulfide) groups is 1. The average Bonchev–Trinajstić information content (AvgIpc) is 3.57. The Morgan fingerprint density at radius 3 is 2.74 bits per heavy atom. The number of hydrazone groups is 1. The van der Waals surface area contributed by atoms with Crippen LogP contribution in [0.2, 0.25) is 5.02 Å². The molecule has 0 spiro atoms. The van der Waals surface area contributed by atoms with Crippen LogP contribution < -0.4 is 5.32 Å². The number of nitrogens with one attached hydrogen (secondary N) is 1. The maximum Gasteiger partial charge on any atom is 0.262 e. The van der Waals surface area contributed by atoms with Crippen molar-refractivity contribution in [3.8, 4) is 0 Å². The summed E-state index contributed by atoms with van der Waals surface area (Å²) in [6, 6.07) is 19.4. The molecule has 2 aliphatic heterocycles. The first-order chi connectivity index (χ1) is 16.5. The molecule has 2 aliphatic rings. The van der Waals surface area contributed by atoms with E-state index in [-0.39, 0.29) is 24.3 Å². The largest absolute Gasteiger partial charge is 0.326 e. The van der Waals surface area contributed by atoms with Crippen molar-refractivity contribution in [2.75, 3.05) is 5.32 Å². The van der Waals surface area contributed by atoms with E-state index >= 15 is 0 Å². The van der Waals surface area contributed by atoms with Gasteiger partial charge in [0.1, 0.15) is 5.25 Å². The third-order valence-electron chi connectivity index (χ3n) is 5.65. The minimum absolute atomic E-state index is 0.0212. The molecule has 3 aromatic rings. The van der Waals surface area contributed by atoms with E-state index in [4.69, 9.17) is 16.7 Å². The summed E-state index contributed by atoms with van der Waals surface area (Å²) in [6.07, 6.45) is 0.741. The Bertz CT molecular complexity index is 1290. The Morgan fingerprint density at radius 2 is 2.00 bits per heavy atom. The highest BCUT2D eigenvalue weighted by Crippen LogP contribution is 2.39. The number of hydrogen-bond acceptors (Lipinski definition) is 6. The highest BCUT2D eigenvalue weighted by Gasteiger charge is 2.39. The lowest BCUT2D eigenvalue weighted by Crippen LogP contribution is -2.25. The van der Waals surface area contributed by atoms with E-state index in [1.165, 1.54) is 11.8 Å². The van der Waals surface area contributed by atoms with Crippen molar-refractivity contribution >= 4 is 63.1 Å². The predicted octanol–water partition coefficient (Wildman–Crippen LogP) is 5.89. The molecule has 172 valence electrons. The first kappa shape index (κ1) is 22.8. The number of thiophene rings is 1. The molecule has 3 heterocycles. The summed E-state index contributed by atoms with van der Waals surface area (Å²) in [5.41, 5.74) is 3.61. The zero-order valence-electron chi connectivity index (χ0n) is 18.3. The summed E-state index contributed by atoms with van der Waals surface area (Å²) >= 11 is 9.09. The molecule has 2 amide bonds. The van der Waals surface area contributed by atoms with Crippen molar-refractivity contribution in [2.45, 2.75) is 31.1 Å². The summed E-state index contributed by atoms with van der Waals surface area (Å²) in [6.45, 7) is 1.90. The van der Waals surface area contributed by atoms with Gasteiger partial charge in [0.25, 0.3) is 5.91 Å². The minimum Gasteiger partial charge on any atom is -0.326 e. The molecule has 0 fully saturated rings. The quantitative estimate of drug-likeness (QED) is 0.466. The van der Waals surface area contributed by atoms with Gasteiger partial charge in [-0.25, -0.2) is 5.01 Å². The smallest absolute Gasteiger partial charge is 0.262 e. The van der Waals surface area contributed by atoms with E-state index in [9.17, 15) is 9.59 Å². The highest BCUT2D eigenvalue weighted by molar-refractivity contribution is 8.15. The van der Waals surface area contributed by atoms with Crippen LogP contribution in [0.5, 0.6) is 0 Å². The number of amidine groups is 1. The SMILES string of the molecule is Cc1ccc(NC(=O)C[C@@H]2SC(N3N=C(c4cccs4)C[C@H]3c3ccccc3)=NC2=O)cc1Cl. The van der Waals surface area contributed by atoms with E-state index in [2.05, 4.69) is 22.4 Å². The number of anilines is 1. The Hall–Kier alpha value is -2.94. The van der Waals surface area contributed by atoms with E-state index in [0.29, 0.717) is 15.9 Å². The number of nitrogens with zero attached hydrogens (tertiary/aromatic N) is 3. The summed E-state index contributed by atoms with van der Waals surface area (Å²) < 4.78 is 0. The average molecular weight is 509 g/mol. The molecule has 2 aromatic carbocycles. The number of carbonyl (C=O) groups excluding carboxylic acids is 2. The number of carbonyl (C=O) groups is 2. The second kappa shape index (κ2) is 9.74. The van der Waals surface area contributed by atoms with Crippen LogP contribution >= 0.6 is 34.7 Å². The van der Waals surface area contributed by atoms with Crippen molar-refractivity contribution in [1.29, 1.82) is 0 Å². The van der Waals surface area contributed by atoms with E-state index in [1.807, 2.05) is 53.7 Å². The molecule has 0 saturated heterocycles. The lowest BCUT2D eigenvalue weighted by Gasteiger charge is -2.23.